The Bertz CT molecular complexity index is 2590. The molecule has 3 aliphatic carbocycles. The number of rotatable bonds is 8. The third-order valence-corrected chi connectivity index (χ3v) is 17.7. The number of aromatic nitrogens is 6. The molecule has 12 rings (SSSR count). The van der Waals surface area contributed by atoms with Crippen LogP contribution in [0.3, 0.4) is 0 Å². The van der Waals surface area contributed by atoms with Gasteiger partial charge in [0.05, 0.1) is 63.8 Å². The van der Waals surface area contributed by atoms with Crippen molar-refractivity contribution >= 4 is 40.6 Å². The van der Waals surface area contributed by atoms with E-state index in [9.17, 15) is 9.90 Å². The van der Waals surface area contributed by atoms with Crippen LogP contribution in [0.2, 0.25) is 15.1 Å². The van der Waals surface area contributed by atoms with E-state index in [1.165, 1.54) is 31.0 Å². The SMILES string of the molecule is CC1(C)OCC2(CCC(Cc3ccc(Cl)cc3)C2(O)Cn2cncn2)CO1.CC1(C)OCC2(CCC(Cc3ccc(Cl)cc3)C23CO3)CO1.CC1(C)OCC2(CCC(Cc3ccc(Cl)cc3)C2=O)CO1.[Na+].c1nc[n-]n1. The van der Waals surface area contributed by atoms with Crippen molar-refractivity contribution in [3.63, 3.8) is 0 Å². The first-order valence-corrected chi connectivity index (χ1v) is 27.3. The number of fused-ring (bicyclic) bond motifs is 1. The van der Waals surface area contributed by atoms with Gasteiger partial charge in [0.25, 0.3) is 0 Å². The van der Waals surface area contributed by atoms with Crippen LogP contribution in [-0.2, 0) is 63.8 Å². The van der Waals surface area contributed by atoms with Gasteiger partial charge >= 0.3 is 29.6 Å². The summed E-state index contributed by atoms with van der Waals surface area (Å²) in [5, 5.41) is 25.2. The Labute approximate surface area is 484 Å². The van der Waals surface area contributed by atoms with Crippen LogP contribution in [0.25, 0.3) is 0 Å². The second kappa shape index (κ2) is 24.1. The van der Waals surface area contributed by atoms with E-state index in [0.29, 0.717) is 44.7 Å². The molecule has 4 aliphatic heterocycles. The average Bonchev–Trinajstić information content (AvgIpc) is 3.86. The molecule has 0 radical (unpaired) electrons. The van der Waals surface area contributed by atoms with Crippen LogP contribution >= 0.6 is 34.8 Å². The molecule has 0 amide bonds. The van der Waals surface area contributed by atoms with Crippen molar-refractivity contribution < 1.29 is 72.6 Å². The molecule has 0 bridgehead atoms. The minimum atomic E-state index is -1.00. The number of carbonyl (C=O) groups excluding carboxylic acids is 1. The molecule has 1 N–H and O–H groups in total. The summed E-state index contributed by atoms with van der Waals surface area (Å²) in [7, 11) is 0. The molecule has 5 atom stereocenters. The monoisotopic (exact) mass is 1110 g/mol. The second-order valence-electron chi connectivity index (χ2n) is 23.1. The number of ketones is 1. The zero-order valence-corrected chi connectivity index (χ0v) is 49.3. The van der Waals surface area contributed by atoms with Gasteiger partial charge in [-0.1, -0.05) is 77.5 Å². The van der Waals surface area contributed by atoms with E-state index in [2.05, 4.69) is 37.4 Å². The molecule has 19 heteroatoms. The summed E-state index contributed by atoms with van der Waals surface area (Å²) in [6.45, 7) is 16.2. The normalized spacial score (nSPS) is 28.6. The number of halogens is 3. The summed E-state index contributed by atoms with van der Waals surface area (Å²) in [5.74, 6) is -0.672. The Morgan fingerprint density at radius 1 is 0.579 bits per heavy atom. The summed E-state index contributed by atoms with van der Waals surface area (Å²) in [6.07, 6.45) is 14.4. The van der Waals surface area contributed by atoms with Crippen LogP contribution in [-0.4, -0.2) is 111 Å². The summed E-state index contributed by atoms with van der Waals surface area (Å²) < 4.78 is 43.1. The molecule has 406 valence electrons. The Hall–Kier alpha value is -2.84. The number of epoxide rings is 1. The fourth-order valence-corrected chi connectivity index (χ4v) is 12.4. The summed E-state index contributed by atoms with van der Waals surface area (Å²) >= 11 is 17.9. The molecule has 5 unspecified atom stereocenters. The molecule has 2 aromatic heterocycles. The standard InChI is InChI=1S/C20H26ClN3O3.C18H23ClO3.C17H21ClO3.C2H2N3.Na/c1-18(2)26-11-19(12-27-18)8-7-16(9-15-3-5-17(21)6-4-15)20(19,25)10-24-14-22-13-23-24;1-16(2)20-10-17(11-21-16)8-7-14(18(17)12-22-18)9-13-3-5-15(19)6-4-13;1-16(2)20-10-17(11-21-16)8-7-13(15(17)19)9-12-3-5-14(18)6-4-12;1-3-2-5-4-1;/h3-6,13-14,16,25H,7-12H2,1-2H3;3-6,14H,7-12H2,1-2H3;3-6,13H,7-11H2,1-2H3;1-2H;/q;;;-1;+1. The number of benzene rings is 3. The second-order valence-corrected chi connectivity index (χ2v) is 24.5. The molecule has 4 spiro atoms. The molecule has 6 heterocycles. The minimum absolute atomic E-state index is 0. The Kier molecular flexibility index (Phi) is 18.8. The minimum Gasteiger partial charge on any atom is -0.432 e. The largest absolute Gasteiger partial charge is 1.00 e. The first-order valence-electron chi connectivity index (χ1n) is 26.2. The number of carbonyl (C=O) groups is 1. The Balaban J connectivity index is 0.000000144. The zero-order valence-electron chi connectivity index (χ0n) is 45.0. The van der Waals surface area contributed by atoms with E-state index in [4.69, 9.17) is 68.0 Å². The molecule has 5 aromatic rings. The van der Waals surface area contributed by atoms with E-state index in [1.54, 1.807) is 11.0 Å². The molecular formula is C57H72Cl3N6NaO9. The average molecular weight is 1110 g/mol. The first kappa shape index (κ1) is 59.3. The predicted octanol–water partition coefficient (Wildman–Crippen LogP) is 6.98. The van der Waals surface area contributed by atoms with Gasteiger partial charge in [0.2, 0.25) is 0 Å². The van der Waals surface area contributed by atoms with Crippen molar-refractivity contribution in [1.82, 2.24) is 29.9 Å². The smallest absolute Gasteiger partial charge is 0.432 e. The third kappa shape index (κ3) is 13.5. The van der Waals surface area contributed by atoms with Crippen molar-refractivity contribution in [2.24, 2.45) is 34.0 Å². The number of hydrogen-bond acceptors (Lipinski definition) is 13. The molecule has 76 heavy (non-hydrogen) atoms. The topological polar surface area (TPSA) is 176 Å². The molecule has 7 aliphatic rings. The van der Waals surface area contributed by atoms with E-state index in [1.807, 2.05) is 102 Å². The molecule has 7 fully saturated rings. The quantitative estimate of drug-likeness (QED) is 0.124. The summed E-state index contributed by atoms with van der Waals surface area (Å²) in [6, 6.07) is 23.8. The van der Waals surface area contributed by atoms with Gasteiger partial charge in [0, 0.05) is 38.1 Å². The van der Waals surface area contributed by atoms with Gasteiger partial charge in [-0.2, -0.15) is 5.10 Å². The fourth-order valence-electron chi connectivity index (χ4n) is 12.1. The molecule has 4 saturated heterocycles. The molecule has 3 saturated carbocycles. The number of aliphatic hydroxyl groups is 1. The van der Waals surface area contributed by atoms with E-state index < -0.39 is 33.8 Å². The predicted molar refractivity (Wildman–Crippen MR) is 283 cm³/mol. The van der Waals surface area contributed by atoms with Crippen molar-refractivity contribution in [1.29, 1.82) is 0 Å². The summed E-state index contributed by atoms with van der Waals surface area (Å²) in [4.78, 5) is 20.3. The van der Waals surface area contributed by atoms with E-state index >= 15 is 0 Å². The maximum absolute atomic E-state index is 12.8. The van der Waals surface area contributed by atoms with Crippen LogP contribution < -0.4 is 34.7 Å². The van der Waals surface area contributed by atoms with Crippen LogP contribution in [0.5, 0.6) is 0 Å². The van der Waals surface area contributed by atoms with Crippen LogP contribution in [0, 0.1) is 34.0 Å². The Morgan fingerprint density at radius 2 is 1.04 bits per heavy atom. The van der Waals surface area contributed by atoms with Gasteiger partial charge in [-0.05, 0) is 164 Å². The summed E-state index contributed by atoms with van der Waals surface area (Å²) in [5.41, 5.74) is 1.78. The third-order valence-electron chi connectivity index (χ3n) is 16.9. The van der Waals surface area contributed by atoms with Crippen LogP contribution in [0.4, 0.5) is 0 Å². The van der Waals surface area contributed by atoms with E-state index in [0.717, 1.165) is 97.4 Å². The van der Waals surface area contributed by atoms with Gasteiger partial charge in [-0.3, -0.25) is 14.6 Å². The molecule has 3 aromatic carbocycles. The van der Waals surface area contributed by atoms with Gasteiger partial charge in [0.1, 0.15) is 24.0 Å². The molecule has 15 nitrogen and oxygen atoms in total. The maximum Gasteiger partial charge on any atom is 1.00 e. The van der Waals surface area contributed by atoms with Crippen molar-refractivity contribution in [2.45, 2.75) is 134 Å². The van der Waals surface area contributed by atoms with Crippen LogP contribution in [0.1, 0.15) is 96.8 Å². The number of ether oxygens (including phenoxy) is 7. The van der Waals surface area contributed by atoms with Crippen LogP contribution in [0.15, 0.2) is 98.1 Å². The number of Topliss-reactive ketones (excluding diaryl/α,β-unsaturated/α-hetero) is 1. The van der Waals surface area contributed by atoms with Gasteiger partial charge in [-0.25, -0.2) is 4.98 Å². The van der Waals surface area contributed by atoms with Crippen molar-refractivity contribution in [3.8, 4) is 0 Å². The van der Waals surface area contributed by atoms with Crippen molar-refractivity contribution in [3.05, 3.63) is 130 Å². The first-order chi connectivity index (χ1) is 35.7. The fraction of sp³-hybridized carbons (Fsp3) is 0.596. The van der Waals surface area contributed by atoms with Gasteiger partial charge in [-0.15, -0.1) is 0 Å². The number of nitrogens with zero attached hydrogens (tertiary/aromatic N) is 6. The maximum atomic E-state index is 12.8. The van der Waals surface area contributed by atoms with Crippen molar-refractivity contribution in [2.75, 3.05) is 46.2 Å². The Morgan fingerprint density at radius 3 is 1.49 bits per heavy atom. The van der Waals surface area contributed by atoms with E-state index in [-0.39, 0.29) is 52.4 Å². The van der Waals surface area contributed by atoms with Gasteiger partial charge < -0.3 is 48.3 Å². The van der Waals surface area contributed by atoms with Gasteiger partial charge in [0.15, 0.2) is 17.4 Å². The zero-order chi connectivity index (χ0) is 53.2. The molecular weight excluding hydrogens is 1040 g/mol. The number of hydrogen-bond donors (Lipinski definition) is 1.